The smallest absolute Gasteiger partial charge is 0.179 e. The van der Waals surface area contributed by atoms with Crippen LogP contribution in [0.3, 0.4) is 0 Å². The van der Waals surface area contributed by atoms with E-state index in [0.29, 0.717) is 11.6 Å². The fourth-order valence-electron chi connectivity index (χ4n) is 9.73. The molecule has 0 saturated carbocycles. The highest BCUT2D eigenvalue weighted by atomic mass is 28.3. The molecule has 0 radical (unpaired) electrons. The third kappa shape index (κ3) is 5.86. The van der Waals surface area contributed by atoms with E-state index in [1.54, 1.807) is 0 Å². The third-order valence-electron chi connectivity index (χ3n) is 12.4. The van der Waals surface area contributed by atoms with Gasteiger partial charge in [0.05, 0.1) is 22.4 Å². The van der Waals surface area contributed by atoms with Crippen LogP contribution in [0.15, 0.2) is 231 Å². The minimum atomic E-state index is -2.86. The van der Waals surface area contributed by atoms with Gasteiger partial charge in [0.2, 0.25) is 0 Å². The van der Waals surface area contributed by atoms with E-state index in [1.807, 2.05) is 24.5 Å². The van der Waals surface area contributed by atoms with Gasteiger partial charge in [0.25, 0.3) is 0 Å². The summed E-state index contributed by atoms with van der Waals surface area (Å²) in [5, 5.41) is 9.58. The predicted octanol–water partition coefficient (Wildman–Crippen LogP) is 10.2. The molecule has 5 aromatic heterocycles. The topological polar surface area (TPSA) is 61.4 Å². The summed E-state index contributed by atoms with van der Waals surface area (Å²) in [7, 11) is -2.86. The lowest BCUT2D eigenvalue weighted by Crippen LogP contribution is -2.74. The van der Waals surface area contributed by atoms with Gasteiger partial charge in [-0.15, -0.1) is 0 Å². The molecule has 0 spiro atoms. The molecule has 0 atom stereocenters. The molecule has 0 aliphatic heterocycles. The third-order valence-corrected chi connectivity index (χ3v) is 17.2. The molecule has 7 aromatic carbocycles. The summed E-state index contributed by atoms with van der Waals surface area (Å²) in [6.45, 7) is 0. The molecule has 6 nitrogen and oxygen atoms in total. The van der Waals surface area contributed by atoms with Gasteiger partial charge in [-0.25, -0.2) is 19.9 Å². The summed E-state index contributed by atoms with van der Waals surface area (Å²) in [4.78, 5) is 20.9. The van der Waals surface area contributed by atoms with E-state index in [4.69, 9.17) is 19.9 Å². The standard InChI is InChI=1S/C56H38N6Si/c1-4-20-40(21-5-1)63(41-22-6-2-7-23-41,42-24-8-3-9-25-42)43-26-16-19-39(37-43)54-59-49(38-53(60-54)62-55-46(30-17-35-57-55)47-31-18-36-58-56(47)62)48-29-12-15-34-52(48)61-50-32-13-10-27-44(50)45-28-11-14-33-51(45)61/h1-38H. The van der Waals surface area contributed by atoms with Crippen LogP contribution in [0.1, 0.15) is 0 Å². The van der Waals surface area contributed by atoms with E-state index in [2.05, 4.69) is 215 Å². The minimum absolute atomic E-state index is 0.611. The molecule has 7 heteroatoms. The number of fused-ring (bicyclic) bond motifs is 6. The van der Waals surface area contributed by atoms with Crippen molar-refractivity contribution in [3.05, 3.63) is 231 Å². The highest BCUT2D eigenvalue weighted by molar-refractivity contribution is 7.19. The lowest BCUT2D eigenvalue weighted by atomic mass is 10.1. The van der Waals surface area contributed by atoms with Crippen LogP contribution in [-0.4, -0.2) is 37.1 Å². The Morgan fingerprint density at radius 1 is 0.365 bits per heavy atom. The maximum atomic E-state index is 5.55. The molecule has 0 bridgehead atoms. The number of aromatic nitrogens is 6. The molecule has 63 heavy (non-hydrogen) atoms. The first kappa shape index (κ1) is 36.6. The Balaban J connectivity index is 1.15. The molecular formula is C56H38N6Si. The Morgan fingerprint density at radius 2 is 0.857 bits per heavy atom. The van der Waals surface area contributed by atoms with Crippen molar-refractivity contribution in [3.8, 4) is 34.2 Å². The van der Waals surface area contributed by atoms with Crippen molar-refractivity contribution < 1.29 is 0 Å². The van der Waals surface area contributed by atoms with Gasteiger partial charge in [0.1, 0.15) is 17.1 Å². The van der Waals surface area contributed by atoms with E-state index in [0.717, 1.165) is 55.6 Å². The lowest BCUT2D eigenvalue weighted by molar-refractivity contribution is 1.01. The van der Waals surface area contributed by atoms with Crippen molar-refractivity contribution in [1.29, 1.82) is 0 Å². The number of hydrogen-bond donors (Lipinski definition) is 0. The summed E-state index contributed by atoms with van der Waals surface area (Å²) in [5.74, 6) is 1.30. The Labute approximate surface area is 365 Å². The normalized spacial score (nSPS) is 11.8. The quantitative estimate of drug-likeness (QED) is 0.113. The summed E-state index contributed by atoms with van der Waals surface area (Å²) < 4.78 is 4.45. The van der Waals surface area contributed by atoms with Gasteiger partial charge in [-0.2, -0.15) is 0 Å². The van der Waals surface area contributed by atoms with Gasteiger partial charge in [-0.1, -0.05) is 170 Å². The first-order chi connectivity index (χ1) is 31.3. The van der Waals surface area contributed by atoms with Crippen LogP contribution in [0.5, 0.6) is 0 Å². The molecule has 0 unspecified atom stereocenters. The monoisotopic (exact) mass is 822 g/mol. The molecular weight excluding hydrogens is 785 g/mol. The second-order valence-corrected chi connectivity index (χ2v) is 19.6. The molecule has 296 valence electrons. The van der Waals surface area contributed by atoms with Gasteiger partial charge < -0.3 is 4.57 Å². The summed E-state index contributed by atoms with van der Waals surface area (Å²) in [5.41, 5.74) is 7.56. The van der Waals surface area contributed by atoms with Crippen LogP contribution in [-0.2, 0) is 0 Å². The molecule has 12 aromatic rings. The maximum Gasteiger partial charge on any atom is 0.179 e. The van der Waals surface area contributed by atoms with Crippen LogP contribution >= 0.6 is 0 Å². The second-order valence-electron chi connectivity index (χ2n) is 15.8. The molecule has 0 fully saturated rings. The van der Waals surface area contributed by atoms with E-state index >= 15 is 0 Å². The van der Waals surface area contributed by atoms with E-state index in [9.17, 15) is 0 Å². The second kappa shape index (κ2) is 15.0. The highest BCUT2D eigenvalue weighted by Crippen LogP contribution is 2.37. The Bertz CT molecular complexity index is 3430. The molecule has 0 aliphatic rings. The van der Waals surface area contributed by atoms with Crippen LogP contribution < -0.4 is 20.7 Å². The number of hydrogen-bond acceptors (Lipinski definition) is 4. The fraction of sp³-hybridized carbons (Fsp3) is 0. The zero-order valence-electron chi connectivity index (χ0n) is 34.1. The Kier molecular flexibility index (Phi) is 8.72. The molecule has 5 heterocycles. The number of nitrogens with zero attached hydrogens (tertiary/aromatic N) is 6. The van der Waals surface area contributed by atoms with Crippen LogP contribution in [0.2, 0.25) is 0 Å². The number of benzene rings is 7. The zero-order chi connectivity index (χ0) is 41.7. The lowest BCUT2D eigenvalue weighted by Gasteiger charge is -2.34. The van der Waals surface area contributed by atoms with Gasteiger partial charge >= 0.3 is 0 Å². The SMILES string of the molecule is c1ccc([Si](c2ccccc2)(c2ccccc2)c2cccc(-c3nc(-c4ccccc4-n4c5ccccc5c5ccccc54)cc(-n4c5ncccc5c5cccnc54)n3)c2)cc1. The van der Waals surface area contributed by atoms with Crippen molar-refractivity contribution in [3.63, 3.8) is 0 Å². The predicted molar refractivity (Wildman–Crippen MR) is 261 cm³/mol. The number of pyridine rings is 2. The number of rotatable bonds is 8. The Morgan fingerprint density at radius 3 is 1.44 bits per heavy atom. The summed E-state index contributed by atoms with van der Waals surface area (Å²) in [6, 6.07) is 78.1. The number of para-hydroxylation sites is 3. The van der Waals surface area contributed by atoms with Crippen LogP contribution in [0, 0.1) is 0 Å². The summed E-state index contributed by atoms with van der Waals surface area (Å²) in [6.07, 6.45) is 3.67. The van der Waals surface area contributed by atoms with Crippen molar-refractivity contribution in [1.82, 2.24) is 29.1 Å². The maximum absolute atomic E-state index is 5.55. The van der Waals surface area contributed by atoms with Gasteiger partial charge in [-0.05, 0) is 63.2 Å². The summed E-state index contributed by atoms with van der Waals surface area (Å²) >= 11 is 0. The highest BCUT2D eigenvalue weighted by Gasteiger charge is 2.41. The fourth-order valence-corrected chi connectivity index (χ4v) is 14.5. The van der Waals surface area contributed by atoms with Crippen molar-refractivity contribution >= 4 is 72.7 Å². The minimum Gasteiger partial charge on any atom is -0.309 e. The van der Waals surface area contributed by atoms with Crippen molar-refractivity contribution in [2.24, 2.45) is 0 Å². The first-order valence-electron chi connectivity index (χ1n) is 21.2. The Hall–Kier alpha value is -8.26. The van der Waals surface area contributed by atoms with Crippen molar-refractivity contribution in [2.75, 3.05) is 0 Å². The zero-order valence-corrected chi connectivity index (χ0v) is 35.1. The van der Waals surface area contributed by atoms with Gasteiger partial charge in [-0.3, -0.25) is 4.57 Å². The van der Waals surface area contributed by atoms with Gasteiger partial charge in [0, 0.05) is 51.1 Å². The molecule has 0 aliphatic carbocycles. The molecule has 0 amide bonds. The average molecular weight is 823 g/mol. The van der Waals surface area contributed by atoms with E-state index in [1.165, 1.54) is 31.5 Å². The van der Waals surface area contributed by atoms with Crippen molar-refractivity contribution in [2.45, 2.75) is 0 Å². The molecule has 0 saturated heterocycles. The first-order valence-corrected chi connectivity index (χ1v) is 23.2. The average Bonchev–Trinajstić information content (AvgIpc) is 3.88. The van der Waals surface area contributed by atoms with Crippen LogP contribution in [0.4, 0.5) is 0 Å². The van der Waals surface area contributed by atoms with E-state index in [-0.39, 0.29) is 0 Å². The largest absolute Gasteiger partial charge is 0.309 e. The van der Waals surface area contributed by atoms with Crippen LogP contribution in [0.25, 0.3) is 78.0 Å². The molecule has 0 N–H and O–H groups in total. The molecule has 12 rings (SSSR count). The van der Waals surface area contributed by atoms with Gasteiger partial charge in [0.15, 0.2) is 13.9 Å². The van der Waals surface area contributed by atoms with E-state index < -0.39 is 8.07 Å².